The van der Waals surface area contributed by atoms with Gasteiger partial charge >= 0.3 is 0 Å². The Morgan fingerprint density at radius 3 is 2.81 bits per heavy atom. The molecule has 0 aliphatic rings. The van der Waals surface area contributed by atoms with Crippen molar-refractivity contribution in [1.82, 2.24) is 10.6 Å². The van der Waals surface area contributed by atoms with Gasteiger partial charge in [-0.2, -0.15) is 0 Å². The van der Waals surface area contributed by atoms with Crippen molar-refractivity contribution in [3.63, 3.8) is 0 Å². The summed E-state index contributed by atoms with van der Waals surface area (Å²) in [6.45, 7) is 6.26. The molecule has 1 aromatic heterocycles. The third-order valence-corrected chi connectivity index (χ3v) is 3.08. The topological polar surface area (TPSA) is 36.4 Å². The van der Waals surface area contributed by atoms with Gasteiger partial charge in [0.15, 0.2) is 5.96 Å². The zero-order chi connectivity index (χ0) is 11.8. The molecule has 0 radical (unpaired) electrons. The number of aliphatic imine (C=N–C) groups is 1. The van der Waals surface area contributed by atoms with Gasteiger partial charge < -0.3 is 10.6 Å². The summed E-state index contributed by atoms with van der Waals surface area (Å²) in [4.78, 5) is 5.59. The van der Waals surface area contributed by atoms with Gasteiger partial charge in [-0.25, -0.2) is 0 Å². The van der Waals surface area contributed by atoms with Crippen LogP contribution in [0.4, 0.5) is 0 Å². The molecule has 0 saturated heterocycles. The summed E-state index contributed by atoms with van der Waals surface area (Å²) < 4.78 is 0. The molecule has 0 unspecified atom stereocenters. The van der Waals surface area contributed by atoms with Crippen LogP contribution in [0, 0.1) is 5.92 Å². The van der Waals surface area contributed by atoms with Crippen molar-refractivity contribution in [2.45, 2.75) is 20.3 Å². The van der Waals surface area contributed by atoms with E-state index in [4.69, 9.17) is 0 Å². The Bertz CT molecular complexity index is 304. The average Bonchev–Trinajstić information content (AvgIpc) is 2.75. The number of thiophene rings is 1. The SMILES string of the molecule is CN=C(NCCc1cccs1)NCC(C)C. The fourth-order valence-corrected chi connectivity index (χ4v) is 1.99. The second-order valence-electron chi connectivity index (χ2n) is 4.10. The molecule has 0 aliphatic heterocycles. The fourth-order valence-electron chi connectivity index (χ4n) is 1.28. The molecular weight excluding hydrogens is 218 g/mol. The van der Waals surface area contributed by atoms with Crippen molar-refractivity contribution in [1.29, 1.82) is 0 Å². The minimum Gasteiger partial charge on any atom is -0.356 e. The highest BCUT2D eigenvalue weighted by Gasteiger charge is 1.99. The molecule has 0 aromatic carbocycles. The highest BCUT2D eigenvalue weighted by molar-refractivity contribution is 7.09. The van der Waals surface area contributed by atoms with Gasteiger partial charge in [0.25, 0.3) is 0 Å². The first-order chi connectivity index (χ1) is 7.72. The minimum absolute atomic E-state index is 0.635. The summed E-state index contributed by atoms with van der Waals surface area (Å²) in [6.07, 6.45) is 1.06. The minimum atomic E-state index is 0.635. The fraction of sp³-hybridized carbons (Fsp3) is 0.583. The average molecular weight is 239 g/mol. The van der Waals surface area contributed by atoms with Crippen LogP contribution in [-0.2, 0) is 6.42 Å². The predicted octanol–water partition coefficient (Wildman–Crippen LogP) is 2.11. The van der Waals surface area contributed by atoms with Crippen LogP contribution in [0.5, 0.6) is 0 Å². The zero-order valence-corrected chi connectivity index (χ0v) is 11.1. The van der Waals surface area contributed by atoms with Gasteiger partial charge in [0, 0.05) is 25.0 Å². The first kappa shape index (κ1) is 13.0. The lowest BCUT2D eigenvalue weighted by Gasteiger charge is -2.12. The van der Waals surface area contributed by atoms with Crippen molar-refractivity contribution in [2.75, 3.05) is 20.1 Å². The molecule has 0 fully saturated rings. The second-order valence-corrected chi connectivity index (χ2v) is 5.14. The number of guanidine groups is 1. The smallest absolute Gasteiger partial charge is 0.190 e. The van der Waals surface area contributed by atoms with Crippen LogP contribution in [0.15, 0.2) is 22.5 Å². The van der Waals surface area contributed by atoms with Gasteiger partial charge in [-0.05, 0) is 23.8 Å². The van der Waals surface area contributed by atoms with E-state index in [1.165, 1.54) is 4.88 Å². The van der Waals surface area contributed by atoms with E-state index in [2.05, 4.69) is 47.0 Å². The molecule has 1 rings (SSSR count). The standard InChI is InChI=1S/C12H21N3S/c1-10(2)9-15-12(13-3)14-7-6-11-5-4-8-16-11/h4-5,8,10H,6-7,9H2,1-3H3,(H2,13,14,15). The molecule has 0 bridgehead atoms. The molecule has 90 valence electrons. The molecule has 0 atom stereocenters. The predicted molar refractivity (Wildman–Crippen MR) is 72.2 cm³/mol. The molecular formula is C12H21N3S. The zero-order valence-electron chi connectivity index (χ0n) is 10.3. The maximum atomic E-state index is 4.18. The normalized spacial score (nSPS) is 11.9. The van der Waals surface area contributed by atoms with Crippen LogP contribution in [0.25, 0.3) is 0 Å². The molecule has 0 saturated carbocycles. The van der Waals surface area contributed by atoms with E-state index in [0.29, 0.717) is 5.92 Å². The Hall–Kier alpha value is -1.03. The monoisotopic (exact) mass is 239 g/mol. The number of hydrogen-bond acceptors (Lipinski definition) is 2. The molecule has 0 spiro atoms. The van der Waals surface area contributed by atoms with Crippen molar-refractivity contribution >= 4 is 17.3 Å². The second kappa shape index (κ2) is 7.28. The van der Waals surface area contributed by atoms with E-state index >= 15 is 0 Å². The Labute approximate surface area is 102 Å². The van der Waals surface area contributed by atoms with Crippen molar-refractivity contribution in [2.24, 2.45) is 10.9 Å². The summed E-state index contributed by atoms with van der Waals surface area (Å²) in [5.74, 6) is 1.53. The lowest BCUT2D eigenvalue weighted by atomic mass is 10.2. The molecule has 3 nitrogen and oxygen atoms in total. The van der Waals surface area contributed by atoms with Crippen LogP contribution < -0.4 is 10.6 Å². The van der Waals surface area contributed by atoms with Gasteiger partial charge in [0.05, 0.1) is 0 Å². The molecule has 16 heavy (non-hydrogen) atoms. The maximum absolute atomic E-state index is 4.18. The summed E-state index contributed by atoms with van der Waals surface area (Å²) in [6, 6.07) is 4.25. The van der Waals surface area contributed by atoms with Crippen molar-refractivity contribution < 1.29 is 0 Å². The van der Waals surface area contributed by atoms with Crippen LogP contribution in [0.1, 0.15) is 18.7 Å². The van der Waals surface area contributed by atoms with Gasteiger partial charge in [-0.1, -0.05) is 19.9 Å². The Morgan fingerprint density at radius 2 is 2.25 bits per heavy atom. The van der Waals surface area contributed by atoms with Gasteiger partial charge in [-0.3, -0.25) is 4.99 Å². The molecule has 4 heteroatoms. The summed E-state index contributed by atoms with van der Waals surface area (Å²) >= 11 is 1.80. The van der Waals surface area contributed by atoms with Crippen molar-refractivity contribution in [3.8, 4) is 0 Å². The summed E-state index contributed by atoms with van der Waals surface area (Å²) in [7, 11) is 1.81. The van der Waals surface area contributed by atoms with Gasteiger partial charge in [0.1, 0.15) is 0 Å². The lowest BCUT2D eigenvalue weighted by Crippen LogP contribution is -2.39. The molecule has 0 amide bonds. The van der Waals surface area contributed by atoms with Gasteiger partial charge in [-0.15, -0.1) is 11.3 Å². The first-order valence-electron chi connectivity index (χ1n) is 5.69. The number of rotatable bonds is 5. The molecule has 1 heterocycles. The third kappa shape index (κ3) is 5.16. The van der Waals surface area contributed by atoms with Crippen LogP contribution in [0.3, 0.4) is 0 Å². The van der Waals surface area contributed by atoms with E-state index in [0.717, 1.165) is 25.5 Å². The summed E-state index contributed by atoms with van der Waals surface area (Å²) in [5, 5.41) is 8.71. The Morgan fingerprint density at radius 1 is 1.44 bits per heavy atom. The Kier molecular flexibility index (Phi) is 5.93. The van der Waals surface area contributed by atoms with E-state index in [1.807, 2.05) is 0 Å². The molecule has 2 N–H and O–H groups in total. The molecule has 0 aliphatic carbocycles. The number of nitrogens with one attached hydrogen (secondary N) is 2. The van der Waals surface area contributed by atoms with Crippen LogP contribution in [0.2, 0.25) is 0 Å². The lowest BCUT2D eigenvalue weighted by molar-refractivity contribution is 0.615. The summed E-state index contributed by atoms with van der Waals surface area (Å²) in [5.41, 5.74) is 0. The van der Waals surface area contributed by atoms with Crippen LogP contribution >= 0.6 is 11.3 Å². The van der Waals surface area contributed by atoms with Crippen LogP contribution in [-0.4, -0.2) is 26.1 Å². The van der Waals surface area contributed by atoms with E-state index < -0.39 is 0 Å². The Balaban J connectivity index is 2.19. The third-order valence-electron chi connectivity index (χ3n) is 2.15. The van der Waals surface area contributed by atoms with Crippen molar-refractivity contribution in [3.05, 3.63) is 22.4 Å². The largest absolute Gasteiger partial charge is 0.356 e. The van der Waals surface area contributed by atoms with Gasteiger partial charge in [0.2, 0.25) is 0 Å². The first-order valence-corrected chi connectivity index (χ1v) is 6.57. The number of hydrogen-bond donors (Lipinski definition) is 2. The number of nitrogens with zero attached hydrogens (tertiary/aromatic N) is 1. The highest BCUT2D eigenvalue weighted by Crippen LogP contribution is 2.07. The van der Waals surface area contributed by atoms with E-state index in [1.54, 1.807) is 18.4 Å². The quantitative estimate of drug-likeness (QED) is 0.610. The molecule has 1 aromatic rings. The maximum Gasteiger partial charge on any atom is 0.190 e. The van der Waals surface area contributed by atoms with E-state index in [-0.39, 0.29) is 0 Å². The van der Waals surface area contributed by atoms with E-state index in [9.17, 15) is 0 Å². The highest BCUT2D eigenvalue weighted by atomic mass is 32.1.